The summed E-state index contributed by atoms with van der Waals surface area (Å²) in [6, 6.07) is 17.2. The van der Waals surface area contributed by atoms with Gasteiger partial charge >= 0.3 is 5.97 Å². The third-order valence-corrected chi connectivity index (χ3v) is 5.33. The summed E-state index contributed by atoms with van der Waals surface area (Å²) in [5, 5.41) is 4.38. The van der Waals surface area contributed by atoms with Crippen LogP contribution in [0, 0.1) is 0 Å². The van der Waals surface area contributed by atoms with Crippen molar-refractivity contribution < 1.29 is 14.3 Å². The molecule has 2 aromatic carbocycles. The second-order valence-electron chi connectivity index (χ2n) is 7.16. The second kappa shape index (κ2) is 8.31. The normalized spacial score (nSPS) is 15.6. The van der Waals surface area contributed by atoms with Crippen LogP contribution in [0.4, 0.5) is 0 Å². The summed E-state index contributed by atoms with van der Waals surface area (Å²) in [5.41, 5.74) is 4.13. The SMILES string of the molecule is COC(=O)[C@@H]1Cc2ccccc2CN1C(=O)CCc1cnn(-c2ccccc2)c1. The van der Waals surface area contributed by atoms with Crippen LogP contribution in [0.25, 0.3) is 5.69 Å². The molecule has 6 heteroatoms. The van der Waals surface area contributed by atoms with Crippen LogP contribution in [0.15, 0.2) is 67.0 Å². The Kier molecular flexibility index (Phi) is 5.42. The Labute approximate surface area is 169 Å². The van der Waals surface area contributed by atoms with E-state index in [0.717, 1.165) is 22.4 Å². The zero-order valence-corrected chi connectivity index (χ0v) is 16.3. The largest absolute Gasteiger partial charge is 0.467 e. The summed E-state index contributed by atoms with van der Waals surface area (Å²) in [5.74, 6) is -0.424. The van der Waals surface area contributed by atoms with Gasteiger partial charge in [-0.3, -0.25) is 4.79 Å². The third-order valence-electron chi connectivity index (χ3n) is 5.33. The Morgan fingerprint density at radius 2 is 1.79 bits per heavy atom. The summed E-state index contributed by atoms with van der Waals surface area (Å²) < 4.78 is 6.75. The fourth-order valence-corrected chi connectivity index (χ4v) is 3.74. The standard InChI is InChI=1S/C23H23N3O3/c1-29-23(28)21-13-18-7-5-6-8-19(18)16-25(21)22(27)12-11-17-14-24-26(15-17)20-9-3-2-4-10-20/h2-10,14-15,21H,11-13,16H2,1H3/t21-/m0/s1. The first kappa shape index (κ1) is 18.9. The van der Waals surface area contributed by atoms with E-state index in [-0.39, 0.29) is 11.9 Å². The van der Waals surface area contributed by atoms with Gasteiger partial charge < -0.3 is 9.64 Å². The number of aryl methyl sites for hydroxylation is 1. The van der Waals surface area contributed by atoms with Gasteiger partial charge in [0.15, 0.2) is 0 Å². The number of ether oxygens (including phenoxy) is 1. The van der Waals surface area contributed by atoms with Crippen molar-refractivity contribution in [3.63, 3.8) is 0 Å². The minimum atomic E-state index is -0.575. The van der Waals surface area contributed by atoms with Crippen LogP contribution < -0.4 is 0 Å². The monoisotopic (exact) mass is 389 g/mol. The number of methoxy groups -OCH3 is 1. The van der Waals surface area contributed by atoms with Crippen molar-refractivity contribution in [1.82, 2.24) is 14.7 Å². The summed E-state index contributed by atoms with van der Waals surface area (Å²) in [7, 11) is 1.36. The zero-order valence-electron chi connectivity index (χ0n) is 16.3. The van der Waals surface area contributed by atoms with Gasteiger partial charge in [-0.25, -0.2) is 9.48 Å². The van der Waals surface area contributed by atoms with E-state index in [2.05, 4.69) is 5.10 Å². The second-order valence-corrected chi connectivity index (χ2v) is 7.16. The highest BCUT2D eigenvalue weighted by Gasteiger charge is 2.34. The molecular weight excluding hydrogens is 366 g/mol. The van der Waals surface area contributed by atoms with Crippen LogP contribution >= 0.6 is 0 Å². The average Bonchev–Trinajstić information content (AvgIpc) is 3.25. The summed E-state index contributed by atoms with van der Waals surface area (Å²) in [6.07, 6.45) is 5.09. The average molecular weight is 389 g/mol. The van der Waals surface area contributed by atoms with Gasteiger partial charge in [0.2, 0.25) is 5.91 Å². The van der Waals surface area contributed by atoms with Crippen molar-refractivity contribution in [3.05, 3.63) is 83.7 Å². The minimum absolute atomic E-state index is 0.0534. The quantitative estimate of drug-likeness (QED) is 0.630. The molecule has 1 aliphatic heterocycles. The van der Waals surface area contributed by atoms with Gasteiger partial charge in [-0.2, -0.15) is 5.10 Å². The lowest BCUT2D eigenvalue weighted by molar-refractivity contribution is -0.154. The lowest BCUT2D eigenvalue weighted by Crippen LogP contribution is -2.49. The molecule has 0 saturated heterocycles. The number of rotatable bonds is 5. The first-order valence-electron chi connectivity index (χ1n) is 9.69. The van der Waals surface area contributed by atoms with Gasteiger partial charge in [-0.15, -0.1) is 0 Å². The van der Waals surface area contributed by atoms with Gasteiger partial charge in [0, 0.05) is 25.6 Å². The van der Waals surface area contributed by atoms with E-state index in [1.165, 1.54) is 7.11 Å². The van der Waals surface area contributed by atoms with Crippen molar-refractivity contribution in [2.75, 3.05) is 7.11 Å². The molecule has 0 spiro atoms. The van der Waals surface area contributed by atoms with E-state index >= 15 is 0 Å². The topological polar surface area (TPSA) is 64.4 Å². The van der Waals surface area contributed by atoms with Crippen LogP contribution in [0.5, 0.6) is 0 Å². The van der Waals surface area contributed by atoms with Crippen molar-refractivity contribution in [2.45, 2.75) is 31.8 Å². The number of esters is 1. The van der Waals surface area contributed by atoms with Gasteiger partial charge in [0.1, 0.15) is 6.04 Å². The molecule has 1 amide bonds. The highest BCUT2D eigenvalue weighted by atomic mass is 16.5. The molecule has 6 nitrogen and oxygen atoms in total. The van der Waals surface area contributed by atoms with Crippen LogP contribution in [0.3, 0.4) is 0 Å². The molecule has 1 aromatic heterocycles. The predicted molar refractivity (Wildman–Crippen MR) is 108 cm³/mol. The van der Waals surface area contributed by atoms with Gasteiger partial charge in [0.05, 0.1) is 19.0 Å². The number of aromatic nitrogens is 2. The summed E-state index contributed by atoms with van der Waals surface area (Å²) >= 11 is 0. The molecular formula is C23H23N3O3. The highest BCUT2D eigenvalue weighted by Crippen LogP contribution is 2.25. The van der Waals surface area contributed by atoms with Crippen molar-refractivity contribution in [3.8, 4) is 5.69 Å². The maximum Gasteiger partial charge on any atom is 0.328 e. The Morgan fingerprint density at radius 3 is 2.55 bits per heavy atom. The van der Waals surface area contributed by atoms with Gasteiger partial charge in [0.25, 0.3) is 0 Å². The smallest absolute Gasteiger partial charge is 0.328 e. The van der Waals surface area contributed by atoms with Crippen LogP contribution in [-0.2, 0) is 33.7 Å². The fourth-order valence-electron chi connectivity index (χ4n) is 3.74. The maximum atomic E-state index is 13.0. The molecule has 3 aromatic rings. The molecule has 29 heavy (non-hydrogen) atoms. The Morgan fingerprint density at radius 1 is 1.07 bits per heavy atom. The molecule has 0 N–H and O–H groups in total. The molecule has 1 atom stereocenters. The highest BCUT2D eigenvalue weighted by molar-refractivity contribution is 5.85. The summed E-state index contributed by atoms with van der Waals surface area (Å²) in [4.78, 5) is 26.9. The van der Waals surface area contributed by atoms with E-state index in [1.54, 1.807) is 15.8 Å². The first-order valence-corrected chi connectivity index (χ1v) is 9.69. The molecule has 148 valence electrons. The molecule has 4 rings (SSSR count). The van der Waals surface area contributed by atoms with E-state index in [0.29, 0.717) is 25.8 Å². The van der Waals surface area contributed by atoms with Crippen molar-refractivity contribution >= 4 is 11.9 Å². The molecule has 0 radical (unpaired) electrons. The predicted octanol–water partition coefficient (Wildman–Crippen LogP) is 2.93. The Balaban J connectivity index is 1.46. The van der Waals surface area contributed by atoms with E-state index < -0.39 is 6.04 Å². The van der Waals surface area contributed by atoms with Crippen LogP contribution in [-0.4, -0.2) is 39.7 Å². The summed E-state index contributed by atoms with van der Waals surface area (Å²) in [6.45, 7) is 0.429. The molecule has 0 fully saturated rings. The zero-order chi connectivity index (χ0) is 20.2. The Bertz CT molecular complexity index is 1010. The maximum absolute atomic E-state index is 13.0. The van der Waals surface area contributed by atoms with Gasteiger partial charge in [-0.1, -0.05) is 42.5 Å². The molecule has 0 bridgehead atoms. The number of hydrogen-bond donors (Lipinski definition) is 0. The number of fused-ring (bicyclic) bond motifs is 1. The van der Waals surface area contributed by atoms with E-state index in [4.69, 9.17) is 4.74 Å². The number of carbonyl (C=O) groups is 2. The van der Waals surface area contributed by atoms with Gasteiger partial charge in [-0.05, 0) is 35.2 Å². The van der Waals surface area contributed by atoms with Crippen molar-refractivity contribution in [2.24, 2.45) is 0 Å². The number of benzene rings is 2. The Hall–Kier alpha value is -3.41. The minimum Gasteiger partial charge on any atom is -0.467 e. The fraction of sp³-hybridized carbons (Fsp3) is 0.261. The molecule has 2 heterocycles. The molecule has 1 aliphatic rings. The lowest BCUT2D eigenvalue weighted by Gasteiger charge is -2.35. The van der Waals surface area contributed by atoms with E-state index in [1.807, 2.05) is 60.8 Å². The number of hydrogen-bond acceptors (Lipinski definition) is 4. The number of para-hydroxylation sites is 1. The van der Waals surface area contributed by atoms with E-state index in [9.17, 15) is 9.59 Å². The third kappa shape index (κ3) is 4.06. The van der Waals surface area contributed by atoms with Crippen molar-refractivity contribution in [1.29, 1.82) is 0 Å². The number of carbonyl (C=O) groups excluding carboxylic acids is 2. The lowest BCUT2D eigenvalue weighted by atomic mass is 9.93. The van der Waals surface area contributed by atoms with Crippen LogP contribution in [0.2, 0.25) is 0 Å². The van der Waals surface area contributed by atoms with Crippen LogP contribution in [0.1, 0.15) is 23.1 Å². The molecule has 0 unspecified atom stereocenters. The molecule has 0 aliphatic carbocycles. The first-order chi connectivity index (χ1) is 14.2. The number of nitrogens with zero attached hydrogens (tertiary/aromatic N) is 3. The molecule has 0 saturated carbocycles. The number of amides is 1.